The minimum Gasteiger partial charge on any atom is -0.295 e. The van der Waals surface area contributed by atoms with Crippen molar-refractivity contribution >= 4 is 5.78 Å². The molecule has 3 heteroatoms. The summed E-state index contributed by atoms with van der Waals surface area (Å²) in [4.78, 5) is 11.1. The zero-order valence-electron chi connectivity index (χ0n) is 9.77. The molecule has 88 valence electrons. The lowest BCUT2D eigenvalue weighted by molar-refractivity contribution is 0.101. The van der Waals surface area contributed by atoms with E-state index in [0.717, 1.165) is 0 Å². The molecule has 0 saturated carbocycles. The van der Waals surface area contributed by atoms with Gasteiger partial charge in [0.05, 0.1) is 11.6 Å². The van der Waals surface area contributed by atoms with Gasteiger partial charge in [-0.15, -0.1) is 0 Å². The van der Waals surface area contributed by atoms with Gasteiger partial charge in [-0.2, -0.15) is 5.26 Å². The van der Waals surface area contributed by atoms with Gasteiger partial charge in [-0.25, -0.2) is 4.39 Å². The lowest BCUT2D eigenvalue weighted by Gasteiger charge is -2.05. The van der Waals surface area contributed by atoms with Gasteiger partial charge in [0.1, 0.15) is 5.82 Å². The summed E-state index contributed by atoms with van der Waals surface area (Å²) in [6.07, 6.45) is 0. The fraction of sp³-hybridized carbons (Fsp3) is 0.0667. The minimum absolute atomic E-state index is 0.166. The molecule has 0 aliphatic carbocycles. The van der Waals surface area contributed by atoms with Gasteiger partial charge in [0.15, 0.2) is 5.78 Å². The van der Waals surface area contributed by atoms with Crippen molar-refractivity contribution < 1.29 is 9.18 Å². The molecular weight excluding hydrogens is 229 g/mol. The van der Waals surface area contributed by atoms with E-state index in [2.05, 4.69) is 0 Å². The Balaban J connectivity index is 2.45. The van der Waals surface area contributed by atoms with Gasteiger partial charge in [-0.05, 0) is 30.7 Å². The third-order valence-electron chi connectivity index (χ3n) is 2.70. The van der Waals surface area contributed by atoms with Crippen LogP contribution >= 0.6 is 0 Å². The zero-order valence-corrected chi connectivity index (χ0v) is 9.77. The van der Waals surface area contributed by atoms with Crippen LogP contribution in [0.25, 0.3) is 11.1 Å². The quantitative estimate of drug-likeness (QED) is 0.752. The van der Waals surface area contributed by atoms with Crippen molar-refractivity contribution in [3.63, 3.8) is 0 Å². The molecule has 0 aliphatic heterocycles. The molecule has 0 heterocycles. The van der Waals surface area contributed by atoms with Crippen LogP contribution in [-0.2, 0) is 0 Å². The summed E-state index contributed by atoms with van der Waals surface area (Å²) in [7, 11) is 0. The molecule has 0 amide bonds. The largest absolute Gasteiger partial charge is 0.295 e. The molecule has 0 unspecified atom stereocenters. The Hall–Kier alpha value is -2.47. The van der Waals surface area contributed by atoms with Crippen molar-refractivity contribution in [3.05, 3.63) is 59.4 Å². The maximum atomic E-state index is 13.9. The Kier molecular flexibility index (Phi) is 3.20. The van der Waals surface area contributed by atoms with Gasteiger partial charge in [0.2, 0.25) is 0 Å². The fourth-order valence-corrected chi connectivity index (χ4v) is 1.69. The highest BCUT2D eigenvalue weighted by Crippen LogP contribution is 2.24. The van der Waals surface area contributed by atoms with Gasteiger partial charge in [-0.3, -0.25) is 4.79 Å². The van der Waals surface area contributed by atoms with Crippen molar-refractivity contribution in [2.45, 2.75) is 6.92 Å². The van der Waals surface area contributed by atoms with Crippen molar-refractivity contribution in [1.82, 2.24) is 0 Å². The van der Waals surface area contributed by atoms with Crippen LogP contribution in [0.15, 0.2) is 42.5 Å². The van der Waals surface area contributed by atoms with Crippen molar-refractivity contribution in [2.75, 3.05) is 0 Å². The van der Waals surface area contributed by atoms with E-state index >= 15 is 0 Å². The number of rotatable bonds is 2. The second-order valence-corrected chi connectivity index (χ2v) is 3.94. The first-order chi connectivity index (χ1) is 8.61. The lowest BCUT2D eigenvalue weighted by atomic mass is 10.0. The molecule has 0 aliphatic rings. The number of carbonyl (C=O) groups excluding carboxylic acids is 1. The van der Waals surface area contributed by atoms with Crippen LogP contribution < -0.4 is 0 Å². The molecule has 0 aromatic heterocycles. The normalized spacial score (nSPS) is 9.83. The van der Waals surface area contributed by atoms with E-state index in [-0.39, 0.29) is 5.78 Å². The van der Waals surface area contributed by atoms with Crippen molar-refractivity contribution in [1.29, 1.82) is 5.26 Å². The molecule has 0 spiro atoms. The highest BCUT2D eigenvalue weighted by Gasteiger charge is 2.08. The van der Waals surface area contributed by atoms with Crippen LogP contribution in [0.1, 0.15) is 22.8 Å². The average Bonchev–Trinajstić information content (AvgIpc) is 2.38. The first-order valence-corrected chi connectivity index (χ1v) is 5.43. The first kappa shape index (κ1) is 12.0. The van der Waals surface area contributed by atoms with Crippen LogP contribution in [0.5, 0.6) is 0 Å². The highest BCUT2D eigenvalue weighted by atomic mass is 19.1. The average molecular weight is 239 g/mol. The van der Waals surface area contributed by atoms with Crippen molar-refractivity contribution in [3.8, 4) is 17.2 Å². The van der Waals surface area contributed by atoms with Crippen LogP contribution in [-0.4, -0.2) is 5.78 Å². The summed E-state index contributed by atoms with van der Waals surface area (Å²) in [5.41, 5.74) is 1.98. The highest BCUT2D eigenvalue weighted by molar-refractivity contribution is 5.94. The maximum Gasteiger partial charge on any atom is 0.159 e. The van der Waals surface area contributed by atoms with E-state index in [1.54, 1.807) is 36.4 Å². The van der Waals surface area contributed by atoms with E-state index in [1.165, 1.54) is 13.0 Å². The summed E-state index contributed by atoms with van der Waals surface area (Å²) < 4.78 is 13.9. The number of benzene rings is 2. The first-order valence-electron chi connectivity index (χ1n) is 5.43. The Morgan fingerprint density at radius 1 is 1.17 bits per heavy atom. The van der Waals surface area contributed by atoms with Crippen LogP contribution in [0.4, 0.5) is 4.39 Å². The minimum atomic E-state index is -0.438. The molecule has 0 N–H and O–H groups in total. The van der Waals surface area contributed by atoms with Gasteiger partial charge >= 0.3 is 0 Å². The van der Waals surface area contributed by atoms with Crippen molar-refractivity contribution in [2.24, 2.45) is 0 Å². The van der Waals surface area contributed by atoms with Gasteiger partial charge in [0.25, 0.3) is 0 Å². The second-order valence-electron chi connectivity index (χ2n) is 3.94. The second kappa shape index (κ2) is 4.80. The summed E-state index contributed by atoms with van der Waals surface area (Å²) in [5.74, 6) is -0.604. The van der Waals surface area contributed by atoms with E-state index in [9.17, 15) is 9.18 Å². The number of hydrogen-bond acceptors (Lipinski definition) is 2. The predicted octanol–water partition coefficient (Wildman–Crippen LogP) is 3.57. The molecule has 2 aromatic carbocycles. The summed E-state index contributed by atoms with van der Waals surface area (Å²) in [6, 6.07) is 13.0. The van der Waals surface area contributed by atoms with Gasteiger partial charge in [0, 0.05) is 11.1 Å². The number of Topliss-reactive ketones (excluding diaryl/α,β-unsaturated/α-hetero) is 1. The number of ketones is 1. The monoisotopic (exact) mass is 239 g/mol. The number of carbonyl (C=O) groups is 1. The summed E-state index contributed by atoms with van der Waals surface area (Å²) in [5, 5.41) is 8.69. The number of hydrogen-bond donors (Lipinski definition) is 0. The number of halogens is 1. The smallest absolute Gasteiger partial charge is 0.159 e. The van der Waals surface area contributed by atoms with Crippen LogP contribution in [0.2, 0.25) is 0 Å². The van der Waals surface area contributed by atoms with Gasteiger partial charge < -0.3 is 0 Å². The standard InChI is InChI=1S/C15H10FNO/c1-10(18)13-6-7-14(15(16)8-13)12-4-2-11(9-17)3-5-12/h2-8H,1H3. The fourth-order valence-electron chi connectivity index (χ4n) is 1.69. The molecule has 18 heavy (non-hydrogen) atoms. The van der Waals surface area contributed by atoms with Crippen LogP contribution in [0.3, 0.4) is 0 Å². The summed E-state index contributed by atoms with van der Waals surface area (Å²) >= 11 is 0. The van der Waals surface area contributed by atoms with E-state index in [0.29, 0.717) is 22.3 Å². The topological polar surface area (TPSA) is 40.9 Å². The molecule has 0 saturated heterocycles. The molecular formula is C15H10FNO. The molecule has 2 nitrogen and oxygen atoms in total. The Labute approximate surface area is 104 Å². The van der Waals surface area contributed by atoms with E-state index in [4.69, 9.17) is 5.26 Å². The molecule has 2 rings (SSSR count). The molecule has 2 aromatic rings. The Morgan fingerprint density at radius 2 is 1.83 bits per heavy atom. The third kappa shape index (κ3) is 2.28. The SMILES string of the molecule is CC(=O)c1ccc(-c2ccc(C#N)cc2)c(F)c1. The molecule has 0 fully saturated rings. The Morgan fingerprint density at radius 3 is 2.33 bits per heavy atom. The van der Waals surface area contributed by atoms with Gasteiger partial charge in [-0.1, -0.05) is 24.3 Å². The third-order valence-corrected chi connectivity index (χ3v) is 2.70. The molecule has 0 bridgehead atoms. The zero-order chi connectivity index (χ0) is 13.1. The van der Waals surface area contributed by atoms with E-state index < -0.39 is 5.82 Å². The Bertz CT molecular complexity index is 639. The number of nitriles is 1. The lowest BCUT2D eigenvalue weighted by Crippen LogP contribution is -1.94. The summed E-state index contributed by atoms with van der Waals surface area (Å²) in [6.45, 7) is 1.40. The molecule has 0 radical (unpaired) electrons. The predicted molar refractivity (Wildman–Crippen MR) is 66.6 cm³/mol. The number of nitrogens with zero attached hydrogens (tertiary/aromatic N) is 1. The van der Waals surface area contributed by atoms with Crippen LogP contribution in [0, 0.1) is 17.1 Å². The van der Waals surface area contributed by atoms with E-state index in [1.807, 2.05) is 6.07 Å². The molecule has 0 atom stereocenters. The maximum absolute atomic E-state index is 13.9.